The standard InChI is InChI=1S/C19H31N3O3.2ClH/c1-19(2,3)17(20)18(23)22-10-8-21(9-11-22)13-14-12-15(24-4)6-7-16(14)25-5;;/h6-7,12,17H,8-11,13,20H2,1-5H3;2*1H/t17-;;/m1../s1. The fourth-order valence-corrected chi connectivity index (χ4v) is 2.94. The molecule has 0 radical (unpaired) electrons. The lowest BCUT2D eigenvalue weighted by Crippen LogP contribution is -2.56. The zero-order valence-corrected chi connectivity index (χ0v) is 18.5. The topological polar surface area (TPSA) is 68.0 Å². The lowest BCUT2D eigenvalue weighted by atomic mass is 9.86. The minimum atomic E-state index is -0.461. The van der Waals surface area contributed by atoms with Gasteiger partial charge in [0.1, 0.15) is 11.5 Å². The largest absolute Gasteiger partial charge is 0.497 e. The zero-order valence-electron chi connectivity index (χ0n) is 16.9. The number of carbonyl (C=O) groups is 1. The van der Waals surface area contributed by atoms with Crippen LogP contribution in [0.1, 0.15) is 26.3 Å². The molecule has 0 bridgehead atoms. The summed E-state index contributed by atoms with van der Waals surface area (Å²) in [7, 11) is 3.34. The lowest BCUT2D eigenvalue weighted by Gasteiger charge is -2.38. The Balaban J connectivity index is 0.00000338. The molecule has 6 nitrogen and oxygen atoms in total. The number of rotatable bonds is 5. The van der Waals surface area contributed by atoms with Gasteiger partial charge in [0.2, 0.25) is 5.91 Å². The van der Waals surface area contributed by atoms with Crippen molar-refractivity contribution in [2.24, 2.45) is 11.1 Å². The van der Waals surface area contributed by atoms with Crippen molar-refractivity contribution >= 4 is 30.7 Å². The predicted molar refractivity (Wildman–Crippen MR) is 113 cm³/mol. The van der Waals surface area contributed by atoms with E-state index < -0.39 is 6.04 Å². The van der Waals surface area contributed by atoms with Crippen LogP contribution in [0.4, 0.5) is 0 Å². The molecule has 1 saturated heterocycles. The van der Waals surface area contributed by atoms with Gasteiger partial charge in [0, 0.05) is 38.3 Å². The Kier molecular flexibility index (Phi) is 10.5. The van der Waals surface area contributed by atoms with Gasteiger partial charge in [0.05, 0.1) is 20.3 Å². The van der Waals surface area contributed by atoms with Crippen molar-refractivity contribution in [2.75, 3.05) is 40.4 Å². The molecule has 1 aliphatic rings. The number of halogens is 2. The molecule has 27 heavy (non-hydrogen) atoms. The second kappa shape index (κ2) is 11.0. The van der Waals surface area contributed by atoms with E-state index in [1.54, 1.807) is 14.2 Å². The van der Waals surface area contributed by atoms with Crippen LogP contribution < -0.4 is 15.2 Å². The minimum absolute atomic E-state index is 0. The summed E-state index contributed by atoms with van der Waals surface area (Å²) in [4.78, 5) is 16.7. The quantitative estimate of drug-likeness (QED) is 0.790. The summed E-state index contributed by atoms with van der Waals surface area (Å²) >= 11 is 0. The van der Waals surface area contributed by atoms with Crippen molar-refractivity contribution in [1.29, 1.82) is 0 Å². The van der Waals surface area contributed by atoms with Crippen LogP contribution in [0.15, 0.2) is 18.2 Å². The van der Waals surface area contributed by atoms with Gasteiger partial charge >= 0.3 is 0 Å². The third-order valence-electron chi connectivity index (χ3n) is 4.76. The van der Waals surface area contributed by atoms with Crippen molar-refractivity contribution < 1.29 is 14.3 Å². The van der Waals surface area contributed by atoms with Crippen molar-refractivity contribution in [2.45, 2.75) is 33.4 Å². The normalized spacial score (nSPS) is 16.0. The molecule has 1 aromatic rings. The van der Waals surface area contributed by atoms with Crippen LogP contribution in [0.3, 0.4) is 0 Å². The molecule has 1 aromatic carbocycles. The van der Waals surface area contributed by atoms with Crippen LogP contribution in [-0.4, -0.2) is 62.1 Å². The summed E-state index contributed by atoms with van der Waals surface area (Å²) in [6, 6.07) is 5.37. The van der Waals surface area contributed by atoms with E-state index in [4.69, 9.17) is 15.2 Å². The van der Waals surface area contributed by atoms with Crippen molar-refractivity contribution in [3.8, 4) is 11.5 Å². The molecule has 1 atom stereocenters. The summed E-state index contributed by atoms with van der Waals surface area (Å²) in [5, 5.41) is 0. The number of nitrogens with two attached hydrogens (primary N) is 1. The van der Waals surface area contributed by atoms with E-state index in [-0.39, 0.29) is 36.1 Å². The highest BCUT2D eigenvalue weighted by Gasteiger charge is 2.32. The molecule has 1 fully saturated rings. The Morgan fingerprint density at radius 3 is 2.19 bits per heavy atom. The number of nitrogens with zero attached hydrogens (tertiary/aromatic N) is 2. The van der Waals surface area contributed by atoms with E-state index in [9.17, 15) is 4.79 Å². The first-order chi connectivity index (χ1) is 11.8. The van der Waals surface area contributed by atoms with Crippen LogP contribution in [-0.2, 0) is 11.3 Å². The smallest absolute Gasteiger partial charge is 0.240 e. The van der Waals surface area contributed by atoms with Crippen LogP contribution in [0.2, 0.25) is 0 Å². The maximum atomic E-state index is 12.5. The van der Waals surface area contributed by atoms with Gasteiger partial charge in [0.25, 0.3) is 0 Å². The van der Waals surface area contributed by atoms with Gasteiger partial charge in [-0.1, -0.05) is 20.8 Å². The fraction of sp³-hybridized carbons (Fsp3) is 0.632. The molecule has 0 saturated carbocycles. The first-order valence-electron chi connectivity index (χ1n) is 8.74. The number of hydrogen-bond acceptors (Lipinski definition) is 5. The zero-order chi connectivity index (χ0) is 18.6. The third-order valence-corrected chi connectivity index (χ3v) is 4.76. The predicted octanol–water partition coefficient (Wildman–Crippen LogP) is 2.57. The third kappa shape index (κ3) is 6.71. The van der Waals surface area contributed by atoms with Crippen molar-refractivity contribution in [3.63, 3.8) is 0 Å². The number of hydrogen-bond donors (Lipinski definition) is 1. The van der Waals surface area contributed by atoms with Crippen molar-refractivity contribution in [1.82, 2.24) is 9.80 Å². The Hall–Kier alpha value is -1.21. The molecule has 0 spiro atoms. The van der Waals surface area contributed by atoms with E-state index in [2.05, 4.69) is 4.90 Å². The van der Waals surface area contributed by atoms with Gasteiger partial charge < -0.3 is 20.1 Å². The molecule has 0 aliphatic carbocycles. The van der Waals surface area contributed by atoms with E-state index in [1.807, 2.05) is 43.9 Å². The SMILES string of the molecule is COc1ccc(OC)c(CN2CCN(C(=O)[C@@H](N)C(C)(C)C)CC2)c1.Cl.Cl. The molecule has 1 aliphatic heterocycles. The van der Waals surface area contributed by atoms with Crippen LogP contribution in [0.25, 0.3) is 0 Å². The van der Waals surface area contributed by atoms with Gasteiger partial charge in [-0.3, -0.25) is 9.69 Å². The molecule has 0 aromatic heterocycles. The fourth-order valence-electron chi connectivity index (χ4n) is 2.94. The Bertz CT molecular complexity index is 600. The highest BCUT2D eigenvalue weighted by atomic mass is 35.5. The van der Waals surface area contributed by atoms with Gasteiger partial charge in [-0.25, -0.2) is 0 Å². The molecular weight excluding hydrogens is 389 g/mol. The van der Waals surface area contributed by atoms with Crippen LogP contribution >= 0.6 is 24.8 Å². The highest BCUT2D eigenvalue weighted by Crippen LogP contribution is 2.26. The highest BCUT2D eigenvalue weighted by molar-refractivity contribution is 5.85. The molecule has 8 heteroatoms. The Morgan fingerprint density at radius 1 is 1.11 bits per heavy atom. The van der Waals surface area contributed by atoms with Gasteiger partial charge in [-0.15, -0.1) is 24.8 Å². The lowest BCUT2D eigenvalue weighted by molar-refractivity contribution is -0.136. The first-order valence-corrected chi connectivity index (χ1v) is 8.74. The van der Waals surface area contributed by atoms with Gasteiger partial charge in [-0.05, 0) is 23.6 Å². The average molecular weight is 422 g/mol. The number of ether oxygens (including phenoxy) is 2. The molecule has 1 heterocycles. The van der Waals surface area contributed by atoms with Crippen LogP contribution in [0.5, 0.6) is 11.5 Å². The second-order valence-electron chi connectivity index (χ2n) is 7.62. The number of piperazine rings is 1. The number of amides is 1. The average Bonchev–Trinajstić information content (AvgIpc) is 2.60. The number of carbonyl (C=O) groups excluding carboxylic acids is 1. The number of benzene rings is 1. The summed E-state index contributed by atoms with van der Waals surface area (Å²) < 4.78 is 10.8. The minimum Gasteiger partial charge on any atom is -0.497 e. The summed E-state index contributed by atoms with van der Waals surface area (Å²) in [6.45, 7) is 9.83. The van der Waals surface area contributed by atoms with Gasteiger partial charge in [0.15, 0.2) is 0 Å². The van der Waals surface area contributed by atoms with E-state index in [0.717, 1.165) is 36.7 Å². The molecule has 2 rings (SSSR count). The van der Waals surface area contributed by atoms with Crippen molar-refractivity contribution in [3.05, 3.63) is 23.8 Å². The molecule has 2 N–H and O–H groups in total. The molecule has 0 unspecified atom stereocenters. The summed E-state index contributed by atoms with van der Waals surface area (Å²) in [5.41, 5.74) is 6.99. The Morgan fingerprint density at radius 2 is 1.70 bits per heavy atom. The maximum absolute atomic E-state index is 12.5. The molecular formula is C19H33Cl2N3O3. The summed E-state index contributed by atoms with van der Waals surface area (Å²) in [5.74, 6) is 1.72. The van der Waals surface area contributed by atoms with E-state index in [1.165, 1.54) is 0 Å². The van der Waals surface area contributed by atoms with E-state index in [0.29, 0.717) is 13.1 Å². The Labute approximate surface area is 175 Å². The number of methoxy groups -OCH3 is 2. The summed E-state index contributed by atoms with van der Waals surface area (Å²) in [6.07, 6.45) is 0. The molecule has 156 valence electrons. The van der Waals surface area contributed by atoms with E-state index >= 15 is 0 Å². The monoisotopic (exact) mass is 421 g/mol. The molecule has 1 amide bonds. The maximum Gasteiger partial charge on any atom is 0.240 e. The first kappa shape index (κ1) is 25.8. The second-order valence-corrected chi connectivity index (χ2v) is 7.62. The van der Waals surface area contributed by atoms with Crippen LogP contribution in [0, 0.1) is 5.41 Å². The van der Waals surface area contributed by atoms with Gasteiger partial charge in [-0.2, -0.15) is 0 Å².